The summed E-state index contributed by atoms with van der Waals surface area (Å²) < 4.78 is 11.1. The van der Waals surface area contributed by atoms with Crippen molar-refractivity contribution in [1.29, 1.82) is 0 Å². The number of hydrogen-bond donors (Lipinski definition) is 8. The summed E-state index contributed by atoms with van der Waals surface area (Å²) in [5, 5.41) is 76.3. The van der Waals surface area contributed by atoms with Crippen LogP contribution in [0.2, 0.25) is 0 Å². The van der Waals surface area contributed by atoms with Crippen LogP contribution in [-0.4, -0.2) is 110 Å². The number of aliphatic hydroxyl groups excluding tert-OH is 7. The molecule has 0 saturated carbocycles. The minimum Gasteiger partial charge on any atom is -0.394 e. The van der Waals surface area contributed by atoms with Gasteiger partial charge in [-0.1, -0.05) is 274 Å². The summed E-state index contributed by atoms with van der Waals surface area (Å²) in [6.45, 7) is 3.44. The van der Waals surface area contributed by atoms with E-state index in [0.29, 0.717) is 19.3 Å². The number of unbranched alkanes of at least 4 members (excludes halogenated alkanes) is 39. The van der Waals surface area contributed by atoms with Gasteiger partial charge < -0.3 is 50.5 Å². The van der Waals surface area contributed by atoms with E-state index in [0.717, 1.165) is 44.9 Å². The molecule has 9 atom stereocenters. The number of rotatable bonds is 59. The molecule has 0 aromatic rings. The summed E-state index contributed by atoms with van der Waals surface area (Å²) in [5.74, 6) is -0.709. The van der Waals surface area contributed by atoms with Crippen molar-refractivity contribution in [2.24, 2.45) is 0 Å². The van der Waals surface area contributed by atoms with Gasteiger partial charge >= 0.3 is 0 Å². The van der Waals surface area contributed by atoms with Crippen LogP contribution < -0.4 is 5.32 Å². The first-order valence-corrected chi connectivity index (χ1v) is 34.0. The lowest BCUT2D eigenvalue weighted by atomic mass is 9.98. The van der Waals surface area contributed by atoms with E-state index in [9.17, 15) is 40.5 Å². The largest absolute Gasteiger partial charge is 0.394 e. The molecule has 470 valence electrons. The Hall–Kier alpha value is -1.93. The quantitative estimate of drug-likeness (QED) is 0.0215. The number of hydrogen-bond acceptors (Lipinski definition) is 10. The number of nitrogens with one attached hydrogen (secondary N) is 1. The molecule has 0 aromatic carbocycles. The van der Waals surface area contributed by atoms with Gasteiger partial charge in [-0.05, 0) is 89.9 Å². The molecule has 1 heterocycles. The molecule has 0 aliphatic carbocycles. The smallest absolute Gasteiger partial charge is 0.249 e. The number of aliphatic hydroxyl groups is 7. The fourth-order valence-corrected chi connectivity index (χ4v) is 10.8. The summed E-state index contributed by atoms with van der Waals surface area (Å²) in [7, 11) is 0. The fourth-order valence-electron chi connectivity index (χ4n) is 10.8. The van der Waals surface area contributed by atoms with Gasteiger partial charge in [-0.3, -0.25) is 4.79 Å². The van der Waals surface area contributed by atoms with Crippen LogP contribution in [0.3, 0.4) is 0 Å². The predicted octanol–water partition coefficient (Wildman–Crippen LogP) is 16.0. The second kappa shape index (κ2) is 57.5. The van der Waals surface area contributed by atoms with Crippen molar-refractivity contribution in [3.8, 4) is 0 Å². The maximum atomic E-state index is 13.2. The van der Waals surface area contributed by atoms with E-state index in [1.165, 1.54) is 225 Å². The van der Waals surface area contributed by atoms with E-state index >= 15 is 0 Å². The van der Waals surface area contributed by atoms with E-state index in [1.807, 2.05) is 0 Å². The van der Waals surface area contributed by atoms with Crippen molar-refractivity contribution in [2.45, 2.75) is 371 Å². The fraction of sp³-hybridized carbons (Fsp3) is 0.870. The topological polar surface area (TPSA) is 189 Å². The minimum absolute atomic E-state index is 0.241. The summed E-state index contributed by atoms with van der Waals surface area (Å²) >= 11 is 0. The molecule has 11 heteroatoms. The highest BCUT2D eigenvalue weighted by Gasteiger charge is 2.44. The third kappa shape index (κ3) is 44.6. The summed E-state index contributed by atoms with van der Waals surface area (Å²) in [6.07, 6.45) is 63.5. The maximum Gasteiger partial charge on any atom is 0.249 e. The van der Waals surface area contributed by atoms with Gasteiger partial charge in [0.1, 0.15) is 36.6 Å². The van der Waals surface area contributed by atoms with Crippen molar-refractivity contribution < 1.29 is 50.0 Å². The molecule has 9 unspecified atom stereocenters. The molecular weight excluding hydrogens is 1000 g/mol. The normalized spacial score (nSPS) is 19.5. The van der Waals surface area contributed by atoms with Gasteiger partial charge in [0.05, 0.1) is 25.4 Å². The van der Waals surface area contributed by atoms with Gasteiger partial charge in [0.15, 0.2) is 6.29 Å². The lowest BCUT2D eigenvalue weighted by molar-refractivity contribution is -0.303. The molecule has 11 nitrogen and oxygen atoms in total. The van der Waals surface area contributed by atoms with Crippen LogP contribution in [0, 0.1) is 0 Å². The SMILES string of the molecule is CCCCCC/C=C/CC/C=C/CC/C=C/CCCC(O)C(O)C(COC1OC(CO)C(O)C(O)C1O)NC(=O)C(O)CCCCCCCCCCCCCCCCCC/C=C\CCCCCCCCCCCCCCCCCC. The molecule has 1 rings (SSSR count). The molecule has 1 saturated heterocycles. The standard InChI is InChI=1S/C69H129NO10/c1-3-5-7-9-11-13-15-17-19-21-22-23-24-25-26-27-28-29-30-31-32-33-34-35-36-37-38-39-41-43-45-47-49-51-53-55-57-62(73)68(78)70-60(59-79-69-67(77)66(76)65(75)63(58-71)80-69)64(74)61(72)56-54-52-50-48-46-44-42-40-20-18-16-14-12-10-8-6-4-2/h14,16,29-30,40,42,48,50,60-67,69,71-77H,3-13,15,17-28,31-39,41,43-47,49,51-59H2,1-2H3,(H,70,78)/b16-14+,30-29-,42-40+,50-48+. The third-order valence-electron chi connectivity index (χ3n) is 16.3. The molecule has 0 aromatic heterocycles. The van der Waals surface area contributed by atoms with Gasteiger partial charge in [0.25, 0.3) is 0 Å². The Labute approximate surface area is 491 Å². The molecule has 0 spiro atoms. The first-order valence-electron chi connectivity index (χ1n) is 34.0. The van der Waals surface area contributed by atoms with Crippen LogP contribution in [0.5, 0.6) is 0 Å². The molecule has 0 bridgehead atoms. The highest BCUT2D eigenvalue weighted by molar-refractivity contribution is 5.80. The average Bonchev–Trinajstić information content (AvgIpc) is 3.47. The van der Waals surface area contributed by atoms with Crippen molar-refractivity contribution in [1.82, 2.24) is 5.32 Å². The Bertz CT molecular complexity index is 1440. The first-order chi connectivity index (χ1) is 39.2. The zero-order chi connectivity index (χ0) is 58.2. The molecule has 1 fully saturated rings. The van der Waals surface area contributed by atoms with E-state index in [1.54, 1.807) is 0 Å². The lowest BCUT2D eigenvalue weighted by Gasteiger charge is -2.40. The molecule has 1 aliphatic rings. The Morgan fingerprint density at radius 1 is 0.425 bits per heavy atom. The van der Waals surface area contributed by atoms with E-state index in [-0.39, 0.29) is 12.8 Å². The van der Waals surface area contributed by atoms with E-state index in [2.05, 4.69) is 67.8 Å². The van der Waals surface area contributed by atoms with Crippen molar-refractivity contribution in [2.75, 3.05) is 13.2 Å². The first kappa shape index (κ1) is 76.1. The van der Waals surface area contributed by atoms with Gasteiger partial charge in [-0.2, -0.15) is 0 Å². The number of carbonyl (C=O) groups excluding carboxylic acids is 1. The highest BCUT2D eigenvalue weighted by Crippen LogP contribution is 2.24. The molecule has 0 radical (unpaired) electrons. The van der Waals surface area contributed by atoms with Gasteiger partial charge in [0, 0.05) is 0 Å². The zero-order valence-electron chi connectivity index (χ0n) is 51.8. The van der Waals surface area contributed by atoms with Gasteiger partial charge in [0.2, 0.25) is 5.91 Å². The molecule has 1 amide bonds. The molecule has 1 aliphatic heterocycles. The van der Waals surface area contributed by atoms with Crippen LogP contribution in [0.15, 0.2) is 48.6 Å². The lowest BCUT2D eigenvalue weighted by Crippen LogP contribution is -2.60. The average molecular weight is 1130 g/mol. The number of carbonyl (C=O) groups is 1. The predicted molar refractivity (Wildman–Crippen MR) is 335 cm³/mol. The van der Waals surface area contributed by atoms with Crippen molar-refractivity contribution >= 4 is 5.91 Å². The Morgan fingerprint density at radius 3 is 1.12 bits per heavy atom. The van der Waals surface area contributed by atoms with Crippen LogP contribution in [0.1, 0.15) is 316 Å². The minimum atomic E-state index is -1.67. The van der Waals surface area contributed by atoms with Crippen LogP contribution >= 0.6 is 0 Å². The summed E-state index contributed by atoms with van der Waals surface area (Å²) in [6, 6.07) is -1.20. The van der Waals surface area contributed by atoms with Crippen molar-refractivity contribution in [3.05, 3.63) is 48.6 Å². The summed E-state index contributed by atoms with van der Waals surface area (Å²) in [5.41, 5.74) is 0. The number of ether oxygens (including phenoxy) is 2. The third-order valence-corrected chi connectivity index (χ3v) is 16.3. The monoisotopic (exact) mass is 1130 g/mol. The summed E-state index contributed by atoms with van der Waals surface area (Å²) in [4.78, 5) is 13.2. The van der Waals surface area contributed by atoms with E-state index in [4.69, 9.17) is 9.47 Å². The van der Waals surface area contributed by atoms with Crippen LogP contribution in [-0.2, 0) is 14.3 Å². The zero-order valence-corrected chi connectivity index (χ0v) is 51.8. The molecule has 8 N–H and O–H groups in total. The van der Waals surface area contributed by atoms with Gasteiger partial charge in [-0.15, -0.1) is 0 Å². The number of allylic oxidation sites excluding steroid dienone is 8. The molecule has 80 heavy (non-hydrogen) atoms. The van der Waals surface area contributed by atoms with E-state index < -0.39 is 74.2 Å². The second-order valence-corrected chi connectivity index (χ2v) is 23.9. The number of amides is 1. The Morgan fingerprint density at radius 2 is 0.750 bits per heavy atom. The van der Waals surface area contributed by atoms with Crippen molar-refractivity contribution in [3.63, 3.8) is 0 Å². The second-order valence-electron chi connectivity index (χ2n) is 23.9. The van der Waals surface area contributed by atoms with Crippen LogP contribution in [0.4, 0.5) is 0 Å². The Balaban J connectivity index is 2.16. The van der Waals surface area contributed by atoms with Gasteiger partial charge in [-0.25, -0.2) is 0 Å². The highest BCUT2D eigenvalue weighted by atomic mass is 16.7. The molecular formula is C69H129NO10. The maximum absolute atomic E-state index is 13.2. The Kier molecular flexibility index (Phi) is 54.7. The van der Waals surface area contributed by atoms with Crippen LogP contribution in [0.25, 0.3) is 0 Å².